The zero-order valence-electron chi connectivity index (χ0n) is 14.5. The quantitative estimate of drug-likeness (QED) is 0.443. The van der Waals surface area contributed by atoms with E-state index in [2.05, 4.69) is 22.1 Å². The molecule has 1 N–H and O–H groups in total. The van der Waals surface area contributed by atoms with E-state index in [9.17, 15) is 9.59 Å². The van der Waals surface area contributed by atoms with Gasteiger partial charge in [-0.2, -0.15) is 5.10 Å². The molecule has 4 aromatic heterocycles. The average Bonchev–Trinajstić information content (AvgIpc) is 3.18. The van der Waals surface area contributed by atoms with E-state index in [1.54, 1.807) is 41.4 Å². The van der Waals surface area contributed by atoms with Crippen LogP contribution in [0.5, 0.6) is 0 Å². The number of nitrogens with one attached hydrogen (secondary N) is 1. The highest BCUT2D eigenvalue weighted by Gasteiger charge is 2.11. The van der Waals surface area contributed by atoms with Crippen LogP contribution in [0, 0.1) is 0 Å². The van der Waals surface area contributed by atoms with Gasteiger partial charge in [0, 0.05) is 25.0 Å². The molecule has 0 fully saturated rings. The molecule has 4 heterocycles. The van der Waals surface area contributed by atoms with E-state index in [0.29, 0.717) is 34.2 Å². The van der Waals surface area contributed by atoms with Gasteiger partial charge in [-0.3, -0.25) is 19.3 Å². The van der Waals surface area contributed by atoms with Crippen molar-refractivity contribution in [3.05, 3.63) is 63.6 Å². The van der Waals surface area contributed by atoms with Gasteiger partial charge >= 0.3 is 0 Å². The fraction of sp³-hybridized carbons (Fsp3) is 0.263. The summed E-state index contributed by atoms with van der Waals surface area (Å²) < 4.78 is 3.16. The first-order valence-electron chi connectivity index (χ1n) is 8.74. The van der Waals surface area contributed by atoms with Crippen LogP contribution in [0.4, 0.5) is 0 Å². The van der Waals surface area contributed by atoms with Crippen molar-refractivity contribution >= 4 is 21.8 Å². The van der Waals surface area contributed by atoms with E-state index >= 15 is 0 Å². The monoisotopic (exact) mass is 349 g/mol. The maximum Gasteiger partial charge on any atom is 0.265 e. The second kappa shape index (κ2) is 6.59. The summed E-state index contributed by atoms with van der Waals surface area (Å²) in [6.45, 7) is 2.80. The molecular weight excluding hydrogens is 330 g/mol. The van der Waals surface area contributed by atoms with E-state index in [1.807, 2.05) is 6.07 Å². The highest BCUT2D eigenvalue weighted by Crippen LogP contribution is 2.15. The molecule has 0 aliphatic carbocycles. The first-order chi connectivity index (χ1) is 12.7. The topological polar surface area (TPSA) is 85.6 Å². The van der Waals surface area contributed by atoms with Gasteiger partial charge in [0.05, 0.1) is 28.0 Å². The predicted molar refractivity (Wildman–Crippen MR) is 101 cm³/mol. The molecule has 0 bridgehead atoms. The van der Waals surface area contributed by atoms with Gasteiger partial charge in [-0.1, -0.05) is 19.8 Å². The van der Waals surface area contributed by atoms with Crippen molar-refractivity contribution in [2.45, 2.75) is 32.7 Å². The summed E-state index contributed by atoms with van der Waals surface area (Å²) in [6.07, 6.45) is 8.15. The summed E-state index contributed by atoms with van der Waals surface area (Å²) in [5.41, 5.74) is 0.834. The molecule has 26 heavy (non-hydrogen) atoms. The van der Waals surface area contributed by atoms with Crippen molar-refractivity contribution in [3.63, 3.8) is 0 Å². The number of fused-ring (bicyclic) bond motifs is 2. The lowest BCUT2D eigenvalue weighted by atomic mass is 10.2. The second-order valence-corrected chi connectivity index (χ2v) is 6.31. The molecule has 0 radical (unpaired) electrons. The number of H-pyrrole nitrogens is 1. The summed E-state index contributed by atoms with van der Waals surface area (Å²) >= 11 is 0. The summed E-state index contributed by atoms with van der Waals surface area (Å²) in [4.78, 5) is 30.1. The third-order valence-electron chi connectivity index (χ3n) is 4.56. The molecule has 0 saturated heterocycles. The number of hydrogen-bond donors (Lipinski definition) is 1. The van der Waals surface area contributed by atoms with Gasteiger partial charge in [0.1, 0.15) is 5.82 Å². The first-order valence-corrected chi connectivity index (χ1v) is 8.74. The average molecular weight is 349 g/mol. The molecule has 132 valence electrons. The Labute approximate surface area is 148 Å². The molecule has 4 aromatic rings. The number of aryl methyl sites for hydroxylation is 1. The Morgan fingerprint density at radius 1 is 1.00 bits per heavy atom. The molecule has 0 atom stereocenters. The van der Waals surface area contributed by atoms with Gasteiger partial charge in [0.2, 0.25) is 0 Å². The lowest BCUT2D eigenvalue weighted by molar-refractivity contribution is 0.590. The SMILES string of the molecule is CCCCCn1ccc2nc3ccn(-c4ccn[nH]4)c(=O)c3cc2c1=O. The van der Waals surface area contributed by atoms with Crippen molar-refractivity contribution in [2.75, 3.05) is 0 Å². The Morgan fingerprint density at radius 3 is 2.50 bits per heavy atom. The fourth-order valence-electron chi connectivity index (χ4n) is 3.15. The maximum absolute atomic E-state index is 12.8. The number of unbranched alkanes of at least 4 members (excludes halogenated alkanes) is 2. The van der Waals surface area contributed by atoms with Gasteiger partial charge in [0.15, 0.2) is 0 Å². The molecule has 7 heteroatoms. The molecule has 0 spiro atoms. The largest absolute Gasteiger partial charge is 0.315 e. The van der Waals surface area contributed by atoms with Crippen LogP contribution in [-0.2, 0) is 6.54 Å². The lowest BCUT2D eigenvalue weighted by Gasteiger charge is -2.08. The summed E-state index contributed by atoms with van der Waals surface area (Å²) in [6, 6.07) is 6.97. The van der Waals surface area contributed by atoms with Crippen LogP contribution in [-0.4, -0.2) is 24.3 Å². The molecule has 0 saturated carbocycles. The van der Waals surface area contributed by atoms with Crippen LogP contribution < -0.4 is 11.1 Å². The van der Waals surface area contributed by atoms with E-state index in [-0.39, 0.29) is 11.1 Å². The van der Waals surface area contributed by atoms with Crippen LogP contribution in [0.15, 0.2) is 52.4 Å². The van der Waals surface area contributed by atoms with E-state index in [0.717, 1.165) is 19.3 Å². The normalized spacial score (nSPS) is 11.4. The Balaban J connectivity index is 1.90. The van der Waals surface area contributed by atoms with Crippen molar-refractivity contribution in [2.24, 2.45) is 0 Å². The van der Waals surface area contributed by atoms with Crippen LogP contribution in [0.2, 0.25) is 0 Å². The Morgan fingerprint density at radius 2 is 1.77 bits per heavy atom. The zero-order valence-corrected chi connectivity index (χ0v) is 14.5. The predicted octanol–water partition coefficient (Wildman–Crippen LogP) is 2.61. The van der Waals surface area contributed by atoms with Crippen LogP contribution in [0.25, 0.3) is 27.6 Å². The summed E-state index contributed by atoms with van der Waals surface area (Å²) in [7, 11) is 0. The van der Waals surface area contributed by atoms with Gasteiger partial charge in [-0.05, 0) is 24.6 Å². The third kappa shape index (κ3) is 2.71. The minimum absolute atomic E-state index is 0.107. The number of aromatic amines is 1. The van der Waals surface area contributed by atoms with Crippen LogP contribution in [0.3, 0.4) is 0 Å². The molecule has 4 rings (SSSR count). The van der Waals surface area contributed by atoms with Crippen LogP contribution in [0.1, 0.15) is 26.2 Å². The third-order valence-corrected chi connectivity index (χ3v) is 4.56. The van der Waals surface area contributed by atoms with Gasteiger partial charge in [-0.25, -0.2) is 4.98 Å². The van der Waals surface area contributed by atoms with Crippen molar-refractivity contribution in [1.29, 1.82) is 0 Å². The minimum Gasteiger partial charge on any atom is -0.315 e. The molecule has 0 amide bonds. The summed E-state index contributed by atoms with van der Waals surface area (Å²) in [5, 5.41) is 7.53. The number of aromatic nitrogens is 5. The Kier molecular flexibility index (Phi) is 4.12. The number of pyridine rings is 3. The van der Waals surface area contributed by atoms with E-state index in [1.165, 1.54) is 4.57 Å². The number of rotatable bonds is 5. The Bertz CT molecular complexity index is 1190. The Hall–Kier alpha value is -3.22. The molecule has 0 aliphatic rings. The van der Waals surface area contributed by atoms with Gasteiger partial charge < -0.3 is 4.57 Å². The first kappa shape index (κ1) is 16.3. The molecule has 7 nitrogen and oxygen atoms in total. The highest BCUT2D eigenvalue weighted by atomic mass is 16.1. The van der Waals surface area contributed by atoms with Crippen LogP contribution >= 0.6 is 0 Å². The molecule has 0 aliphatic heterocycles. The zero-order chi connectivity index (χ0) is 18.1. The standard InChI is InChI=1S/C19H19N5O2/c1-2-3-4-9-23-10-6-15-13(18(23)25)12-14-16(21-15)7-11-24(19(14)26)17-5-8-20-22-17/h5-8,10-12H,2-4,9H2,1H3,(H,20,22). The van der Waals surface area contributed by atoms with Crippen molar-refractivity contribution < 1.29 is 0 Å². The lowest BCUT2D eigenvalue weighted by Crippen LogP contribution is -2.22. The van der Waals surface area contributed by atoms with Gasteiger partial charge in [-0.15, -0.1) is 0 Å². The molecule has 0 aromatic carbocycles. The fourth-order valence-corrected chi connectivity index (χ4v) is 3.15. The number of hydrogen-bond acceptors (Lipinski definition) is 4. The van der Waals surface area contributed by atoms with Crippen molar-refractivity contribution in [1.82, 2.24) is 24.3 Å². The second-order valence-electron chi connectivity index (χ2n) is 6.31. The number of nitrogens with zero attached hydrogens (tertiary/aromatic N) is 4. The van der Waals surface area contributed by atoms with E-state index < -0.39 is 0 Å². The van der Waals surface area contributed by atoms with E-state index in [4.69, 9.17) is 0 Å². The molecule has 0 unspecified atom stereocenters. The van der Waals surface area contributed by atoms with Gasteiger partial charge in [0.25, 0.3) is 11.1 Å². The van der Waals surface area contributed by atoms with Crippen molar-refractivity contribution in [3.8, 4) is 5.82 Å². The minimum atomic E-state index is -0.234. The summed E-state index contributed by atoms with van der Waals surface area (Å²) in [5.74, 6) is 0.571. The maximum atomic E-state index is 12.8. The molecular formula is C19H19N5O2. The smallest absolute Gasteiger partial charge is 0.265 e. The highest BCUT2D eigenvalue weighted by molar-refractivity contribution is 5.91.